The third-order valence-corrected chi connectivity index (χ3v) is 2.58. The van der Waals surface area contributed by atoms with Gasteiger partial charge in [0, 0.05) is 20.2 Å². The third-order valence-electron chi connectivity index (χ3n) is 1.72. The molecule has 0 saturated carbocycles. The Kier molecular flexibility index (Phi) is 3.18. The zero-order valence-electron chi connectivity index (χ0n) is 7.62. The summed E-state index contributed by atoms with van der Waals surface area (Å²) in [6.07, 6.45) is 0. The molecule has 0 radical (unpaired) electrons. The van der Waals surface area contributed by atoms with Gasteiger partial charge in [-0.2, -0.15) is 0 Å². The molecule has 0 aromatic heterocycles. The van der Waals surface area contributed by atoms with Crippen LogP contribution in [0.15, 0.2) is 12.1 Å². The number of nitro benzene ring substituents is 1. The highest BCUT2D eigenvalue weighted by molar-refractivity contribution is 6.45. The van der Waals surface area contributed by atoms with Crippen molar-refractivity contribution in [3.05, 3.63) is 32.3 Å². The summed E-state index contributed by atoms with van der Waals surface area (Å²) in [5.74, 6) is 0. The van der Waals surface area contributed by atoms with Crippen molar-refractivity contribution in [1.82, 2.24) is 0 Å². The zero-order valence-corrected chi connectivity index (χ0v) is 9.13. The summed E-state index contributed by atoms with van der Waals surface area (Å²) in [4.78, 5) is 11.7. The summed E-state index contributed by atoms with van der Waals surface area (Å²) in [5.41, 5.74) is 0.476. The molecule has 1 aromatic carbocycles. The molecule has 0 amide bonds. The van der Waals surface area contributed by atoms with Gasteiger partial charge in [0.05, 0.1) is 15.6 Å². The van der Waals surface area contributed by atoms with Gasteiger partial charge in [-0.3, -0.25) is 10.1 Å². The second-order valence-electron chi connectivity index (χ2n) is 2.88. The molecule has 0 aliphatic rings. The summed E-state index contributed by atoms with van der Waals surface area (Å²) < 4.78 is 0. The fraction of sp³-hybridized carbons (Fsp3) is 0.250. The molecule has 0 aliphatic heterocycles. The number of nitrogens with zero attached hydrogens (tertiary/aromatic N) is 2. The molecule has 0 aliphatic carbocycles. The van der Waals surface area contributed by atoms with Crippen molar-refractivity contribution in [1.29, 1.82) is 0 Å². The van der Waals surface area contributed by atoms with Crippen LogP contribution < -0.4 is 4.90 Å². The van der Waals surface area contributed by atoms with E-state index in [1.807, 2.05) is 0 Å². The van der Waals surface area contributed by atoms with Crippen LogP contribution >= 0.6 is 23.2 Å². The Morgan fingerprint density at radius 2 is 1.86 bits per heavy atom. The number of anilines is 1. The van der Waals surface area contributed by atoms with Crippen molar-refractivity contribution >= 4 is 34.6 Å². The lowest BCUT2D eigenvalue weighted by atomic mass is 10.2. The van der Waals surface area contributed by atoms with E-state index in [4.69, 9.17) is 23.2 Å². The Morgan fingerprint density at radius 3 is 2.29 bits per heavy atom. The standard InChI is InChI=1S/C8H8Cl2N2O2/c1-11(2)5-3-4-6(12(13)14)8(10)7(5)9/h3-4H,1-2H3. The van der Waals surface area contributed by atoms with Crippen LogP contribution in [0.5, 0.6) is 0 Å². The molecule has 0 N–H and O–H groups in total. The number of hydrogen-bond acceptors (Lipinski definition) is 3. The Morgan fingerprint density at radius 1 is 1.29 bits per heavy atom. The number of rotatable bonds is 2. The number of hydrogen-bond donors (Lipinski definition) is 0. The maximum atomic E-state index is 10.5. The van der Waals surface area contributed by atoms with E-state index in [0.717, 1.165) is 0 Å². The Bertz CT molecular complexity index is 380. The topological polar surface area (TPSA) is 46.4 Å². The van der Waals surface area contributed by atoms with Crippen LogP contribution in [0.4, 0.5) is 11.4 Å². The minimum absolute atomic E-state index is 0.0251. The van der Waals surface area contributed by atoms with Gasteiger partial charge in [-0.15, -0.1) is 0 Å². The second-order valence-corrected chi connectivity index (χ2v) is 3.64. The van der Waals surface area contributed by atoms with Gasteiger partial charge in [-0.25, -0.2) is 0 Å². The number of nitro groups is 1. The molecule has 0 spiro atoms. The molecule has 1 rings (SSSR count). The van der Waals surface area contributed by atoms with Gasteiger partial charge >= 0.3 is 0 Å². The van der Waals surface area contributed by atoms with E-state index >= 15 is 0 Å². The molecule has 1 aromatic rings. The first-order valence-corrected chi connectivity index (χ1v) is 4.50. The average Bonchev–Trinajstić information content (AvgIpc) is 2.08. The maximum absolute atomic E-state index is 10.5. The zero-order chi connectivity index (χ0) is 10.9. The van der Waals surface area contributed by atoms with Crippen molar-refractivity contribution in [2.75, 3.05) is 19.0 Å². The van der Waals surface area contributed by atoms with E-state index in [9.17, 15) is 10.1 Å². The SMILES string of the molecule is CN(C)c1ccc([N+](=O)[O-])c(Cl)c1Cl. The van der Waals surface area contributed by atoms with Gasteiger partial charge in [0.1, 0.15) is 5.02 Å². The van der Waals surface area contributed by atoms with Gasteiger partial charge in [0.2, 0.25) is 0 Å². The van der Waals surface area contributed by atoms with Crippen molar-refractivity contribution in [2.45, 2.75) is 0 Å². The van der Waals surface area contributed by atoms with E-state index in [2.05, 4.69) is 0 Å². The first-order chi connectivity index (χ1) is 6.45. The quantitative estimate of drug-likeness (QED) is 0.584. The van der Waals surface area contributed by atoms with Gasteiger partial charge in [-0.05, 0) is 6.07 Å². The van der Waals surface area contributed by atoms with Gasteiger partial charge < -0.3 is 4.90 Å². The van der Waals surface area contributed by atoms with E-state index in [1.165, 1.54) is 6.07 Å². The largest absolute Gasteiger partial charge is 0.376 e. The Hall–Kier alpha value is -1.00. The highest BCUT2D eigenvalue weighted by Gasteiger charge is 2.18. The minimum Gasteiger partial charge on any atom is -0.376 e. The van der Waals surface area contributed by atoms with E-state index in [1.54, 1.807) is 25.1 Å². The van der Waals surface area contributed by atoms with Gasteiger partial charge in [0.15, 0.2) is 0 Å². The molecule has 0 fully saturated rings. The molecule has 0 heterocycles. The molecular weight excluding hydrogens is 227 g/mol. The van der Waals surface area contributed by atoms with Crippen LogP contribution in [0, 0.1) is 10.1 Å². The van der Waals surface area contributed by atoms with Crippen molar-refractivity contribution in [3.8, 4) is 0 Å². The molecule has 14 heavy (non-hydrogen) atoms. The average molecular weight is 235 g/mol. The fourth-order valence-corrected chi connectivity index (χ4v) is 1.57. The highest BCUT2D eigenvalue weighted by Crippen LogP contribution is 2.37. The van der Waals surface area contributed by atoms with Gasteiger partial charge in [-0.1, -0.05) is 23.2 Å². The number of benzene rings is 1. The molecule has 76 valence electrons. The summed E-state index contributed by atoms with van der Waals surface area (Å²) in [6, 6.07) is 2.90. The Labute approximate surface area is 91.2 Å². The van der Waals surface area contributed by atoms with E-state index in [0.29, 0.717) is 5.69 Å². The third kappa shape index (κ3) is 1.91. The lowest BCUT2D eigenvalue weighted by molar-refractivity contribution is -0.384. The number of halogens is 2. The summed E-state index contributed by atoms with van der Waals surface area (Å²) >= 11 is 11.6. The van der Waals surface area contributed by atoms with E-state index in [-0.39, 0.29) is 15.7 Å². The second kappa shape index (κ2) is 4.02. The van der Waals surface area contributed by atoms with Crippen LogP contribution in [0.25, 0.3) is 0 Å². The van der Waals surface area contributed by atoms with Crippen molar-refractivity contribution in [2.24, 2.45) is 0 Å². The van der Waals surface area contributed by atoms with Crippen molar-refractivity contribution < 1.29 is 4.92 Å². The normalized spacial score (nSPS) is 10.0. The van der Waals surface area contributed by atoms with Crippen LogP contribution in [-0.2, 0) is 0 Å². The predicted molar refractivity (Wildman–Crippen MR) is 57.4 cm³/mol. The lowest BCUT2D eigenvalue weighted by Crippen LogP contribution is -2.09. The fourth-order valence-electron chi connectivity index (χ4n) is 1.02. The summed E-state index contributed by atoms with van der Waals surface area (Å²) in [7, 11) is 3.56. The van der Waals surface area contributed by atoms with Crippen LogP contribution in [-0.4, -0.2) is 19.0 Å². The van der Waals surface area contributed by atoms with Crippen LogP contribution in [0.3, 0.4) is 0 Å². The van der Waals surface area contributed by atoms with E-state index < -0.39 is 4.92 Å². The molecule has 4 nitrogen and oxygen atoms in total. The molecule has 6 heteroatoms. The van der Waals surface area contributed by atoms with Crippen molar-refractivity contribution in [3.63, 3.8) is 0 Å². The Balaban J connectivity index is 3.33. The smallest absolute Gasteiger partial charge is 0.289 e. The maximum Gasteiger partial charge on any atom is 0.289 e. The van der Waals surface area contributed by atoms with Gasteiger partial charge in [0.25, 0.3) is 5.69 Å². The predicted octanol–water partition coefficient (Wildman–Crippen LogP) is 2.97. The molecule has 0 bridgehead atoms. The van der Waals surface area contributed by atoms with Crippen LogP contribution in [0.2, 0.25) is 10.0 Å². The van der Waals surface area contributed by atoms with Crippen LogP contribution in [0.1, 0.15) is 0 Å². The summed E-state index contributed by atoms with van der Waals surface area (Å²) in [6.45, 7) is 0. The molecule has 0 saturated heterocycles. The first kappa shape index (κ1) is 11.1. The molecule has 0 atom stereocenters. The highest BCUT2D eigenvalue weighted by atomic mass is 35.5. The monoisotopic (exact) mass is 234 g/mol. The molecule has 0 unspecified atom stereocenters. The summed E-state index contributed by atoms with van der Waals surface area (Å²) in [5, 5.41) is 10.7. The lowest BCUT2D eigenvalue weighted by Gasteiger charge is -2.14. The molecular formula is C8H8Cl2N2O2. The first-order valence-electron chi connectivity index (χ1n) is 3.75. The minimum atomic E-state index is -0.562.